The summed E-state index contributed by atoms with van der Waals surface area (Å²) in [5, 5.41) is 3.03. The topological polar surface area (TPSA) is 51.7 Å². The van der Waals surface area contributed by atoms with Crippen LogP contribution in [0.4, 0.5) is 17.2 Å². The molecule has 0 bridgehead atoms. The van der Waals surface area contributed by atoms with Gasteiger partial charge in [0, 0.05) is 25.3 Å². The molecule has 4 rings (SSSR count). The lowest BCUT2D eigenvalue weighted by Gasteiger charge is -2.38. The number of likely N-dealkylation sites (tertiary alicyclic amines) is 1. The molecule has 184 valence electrons. The quantitative estimate of drug-likeness (QED) is 0.443. The van der Waals surface area contributed by atoms with Gasteiger partial charge < -0.3 is 15.1 Å². The summed E-state index contributed by atoms with van der Waals surface area (Å²) in [6.45, 7) is 11.4. The Morgan fingerprint density at radius 1 is 1.00 bits per heavy atom. The van der Waals surface area contributed by atoms with E-state index in [-0.39, 0.29) is 5.91 Å². The summed E-state index contributed by atoms with van der Waals surface area (Å²) in [7, 11) is 0. The number of carbonyl (C=O) groups excluding carboxylic acids is 1. The number of piperidine rings is 1. The Morgan fingerprint density at radius 3 is 2.62 bits per heavy atom. The van der Waals surface area contributed by atoms with Crippen molar-refractivity contribution in [2.45, 2.75) is 64.8 Å². The highest BCUT2D eigenvalue weighted by atomic mass is 16.1. The number of anilines is 3. The van der Waals surface area contributed by atoms with Crippen molar-refractivity contribution in [3.63, 3.8) is 0 Å². The smallest absolute Gasteiger partial charge is 0.257 e. The summed E-state index contributed by atoms with van der Waals surface area (Å²) >= 11 is 0. The molecule has 1 atom stereocenters. The monoisotopic (exact) mass is 463 g/mol. The molecule has 0 spiro atoms. The molecule has 1 N–H and O–H groups in total. The van der Waals surface area contributed by atoms with Crippen molar-refractivity contribution in [1.29, 1.82) is 0 Å². The predicted molar refractivity (Wildman–Crippen MR) is 141 cm³/mol. The van der Waals surface area contributed by atoms with E-state index in [2.05, 4.69) is 38.8 Å². The van der Waals surface area contributed by atoms with Gasteiger partial charge in [0.25, 0.3) is 5.91 Å². The molecule has 1 aromatic heterocycles. The number of carbonyl (C=O) groups is 1. The van der Waals surface area contributed by atoms with E-state index < -0.39 is 0 Å². The van der Waals surface area contributed by atoms with Crippen LogP contribution in [0.5, 0.6) is 0 Å². The van der Waals surface area contributed by atoms with Crippen molar-refractivity contribution in [2.75, 3.05) is 49.5 Å². The first-order valence-corrected chi connectivity index (χ1v) is 13.3. The number of aromatic nitrogens is 1. The normalized spacial score (nSPS) is 18.4. The molecule has 2 aliphatic heterocycles. The van der Waals surface area contributed by atoms with E-state index in [0.29, 0.717) is 5.56 Å². The second-order valence-corrected chi connectivity index (χ2v) is 9.58. The zero-order chi connectivity index (χ0) is 23.8. The average Bonchev–Trinajstić information content (AvgIpc) is 2.99. The number of unbranched alkanes of at least 4 members (excludes halogenated alkanes) is 3. The molecule has 3 heterocycles. The predicted octanol–water partition coefficient (Wildman–Crippen LogP) is 5.54. The van der Waals surface area contributed by atoms with Gasteiger partial charge in [0.15, 0.2) is 5.82 Å². The zero-order valence-electron chi connectivity index (χ0n) is 21.0. The molecule has 0 radical (unpaired) electrons. The van der Waals surface area contributed by atoms with Crippen molar-refractivity contribution in [3.8, 4) is 0 Å². The highest BCUT2D eigenvalue weighted by Gasteiger charge is 2.26. The number of benzene rings is 1. The second-order valence-electron chi connectivity index (χ2n) is 9.58. The van der Waals surface area contributed by atoms with E-state index in [4.69, 9.17) is 0 Å². The second kappa shape index (κ2) is 12.3. The summed E-state index contributed by atoms with van der Waals surface area (Å²) in [5.41, 5.74) is 2.45. The van der Waals surface area contributed by atoms with Gasteiger partial charge in [-0.3, -0.25) is 9.69 Å². The molecule has 0 aliphatic carbocycles. The van der Waals surface area contributed by atoms with E-state index in [1.807, 2.05) is 36.4 Å². The van der Waals surface area contributed by atoms with Crippen LogP contribution in [-0.2, 0) is 0 Å². The highest BCUT2D eigenvalue weighted by molar-refractivity contribution is 6.11. The number of nitrogens with one attached hydrogen (secondary N) is 1. The van der Waals surface area contributed by atoms with Gasteiger partial charge in [-0.15, -0.1) is 0 Å². The van der Waals surface area contributed by atoms with Crippen molar-refractivity contribution < 1.29 is 4.79 Å². The van der Waals surface area contributed by atoms with Gasteiger partial charge >= 0.3 is 0 Å². The van der Waals surface area contributed by atoms with Gasteiger partial charge in [-0.1, -0.05) is 45.2 Å². The molecule has 34 heavy (non-hydrogen) atoms. The molecule has 6 nitrogen and oxygen atoms in total. The number of nitrogens with zero attached hydrogens (tertiary/aromatic N) is 4. The minimum absolute atomic E-state index is 0.0619. The summed E-state index contributed by atoms with van der Waals surface area (Å²) < 4.78 is 0. The fourth-order valence-electron chi connectivity index (χ4n) is 5.42. The lowest BCUT2D eigenvalue weighted by Crippen LogP contribution is -2.47. The van der Waals surface area contributed by atoms with Gasteiger partial charge in [-0.25, -0.2) is 4.98 Å². The lowest BCUT2D eigenvalue weighted by molar-refractivity contribution is 0.102. The van der Waals surface area contributed by atoms with Crippen LogP contribution in [0.1, 0.15) is 69.2 Å². The zero-order valence-corrected chi connectivity index (χ0v) is 21.0. The number of rotatable bonds is 11. The molecule has 0 saturated carbocycles. The fraction of sp³-hybridized carbons (Fsp3) is 0.571. The van der Waals surface area contributed by atoms with Crippen LogP contribution < -0.4 is 10.2 Å². The Kier molecular flexibility index (Phi) is 8.94. The highest BCUT2D eigenvalue weighted by Crippen LogP contribution is 2.36. The molecule has 2 aromatic rings. The maximum Gasteiger partial charge on any atom is 0.257 e. The minimum atomic E-state index is -0.0619. The lowest BCUT2D eigenvalue weighted by atomic mass is 10.0. The Labute approximate surface area is 205 Å². The van der Waals surface area contributed by atoms with Crippen LogP contribution in [-0.4, -0.2) is 66.0 Å². The first kappa shape index (κ1) is 24.7. The molecular formula is C28H41N5O. The Balaban J connectivity index is 1.29. The molecule has 1 saturated heterocycles. The number of amides is 1. The maximum absolute atomic E-state index is 12.7. The standard InChI is InChI=1S/C28H41N5O/c1-3-31(4-2)22-23-14-9-12-20-32(23)19-10-5-6-11-21-33-26-17-8-7-15-24(26)28(34)30-25-16-13-18-29-27(25)33/h7-8,13,15-18,23H,3-6,9-12,14,19-22H2,1-2H3,(H,30,34)/t23-/m1/s1. The molecule has 0 unspecified atom stereocenters. The van der Waals surface area contributed by atoms with Crippen LogP contribution in [0.2, 0.25) is 0 Å². The molecule has 1 amide bonds. The van der Waals surface area contributed by atoms with Crippen LogP contribution in [0.15, 0.2) is 42.6 Å². The third kappa shape index (κ3) is 5.97. The van der Waals surface area contributed by atoms with Crippen molar-refractivity contribution in [2.24, 2.45) is 0 Å². The molecule has 2 aliphatic rings. The fourth-order valence-corrected chi connectivity index (χ4v) is 5.42. The number of hydrogen-bond acceptors (Lipinski definition) is 5. The number of hydrogen-bond donors (Lipinski definition) is 1. The van der Waals surface area contributed by atoms with E-state index >= 15 is 0 Å². The van der Waals surface area contributed by atoms with Gasteiger partial charge in [-0.05, 0) is 76.1 Å². The van der Waals surface area contributed by atoms with Crippen LogP contribution in [0.3, 0.4) is 0 Å². The van der Waals surface area contributed by atoms with Crippen molar-refractivity contribution in [3.05, 3.63) is 48.2 Å². The van der Waals surface area contributed by atoms with E-state index in [0.717, 1.165) is 49.3 Å². The van der Waals surface area contributed by atoms with Gasteiger partial charge in [0.05, 0.1) is 16.9 Å². The largest absolute Gasteiger partial charge is 0.324 e. The SMILES string of the molecule is CCN(CC)C[C@H]1CCCCN1CCCCCCN1c2ccccc2C(=O)Nc2cccnc21. The number of pyridine rings is 1. The van der Waals surface area contributed by atoms with Crippen LogP contribution >= 0.6 is 0 Å². The Bertz CT molecular complexity index is 929. The van der Waals surface area contributed by atoms with Crippen molar-refractivity contribution >= 4 is 23.1 Å². The summed E-state index contributed by atoms with van der Waals surface area (Å²) in [6, 6.07) is 12.4. The molecule has 1 aromatic carbocycles. The number of likely N-dealkylation sites (N-methyl/N-ethyl adjacent to an activating group) is 1. The number of para-hydroxylation sites is 1. The van der Waals surface area contributed by atoms with Gasteiger partial charge in [0.2, 0.25) is 0 Å². The maximum atomic E-state index is 12.7. The van der Waals surface area contributed by atoms with Crippen LogP contribution in [0, 0.1) is 0 Å². The first-order chi connectivity index (χ1) is 16.7. The van der Waals surface area contributed by atoms with Crippen LogP contribution in [0.25, 0.3) is 0 Å². The van der Waals surface area contributed by atoms with Crippen molar-refractivity contribution in [1.82, 2.24) is 14.8 Å². The Morgan fingerprint density at radius 2 is 1.79 bits per heavy atom. The molecular weight excluding hydrogens is 422 g/mol. The molecule has 6 heteroatoms. The molecule has 1 fully saturated rings. The number of fused-ring (bicyclic) bond motifs is 2. The summed E-state index contributed by atoms with van der Waals surface area (Å²) in [6.07, 6.45) is 10.7. The Hall–Kier alpha value is -2.44. The van der Waals surface area contributed by atoms with E-state index in [1.54, 1.807) is 6.20 Å². The summed E-state index contributed by atoms with van der Waals surface area (Å²) in [4.78, 5) is 24.9. The van der Waals surface area contributed by atoms with E-state index in [1.165, 1.54) is 58.2 Å². The minimum Gasteiger partial charge on any atom is -0.324 e. The third-order valence-electron chi connectivity index (χ3n) is 7.42. The van der Waals surface area contributed by atoms with E-state index in [9.17, 15) is 4.79 Å². The summed E-state index contributed by atoms with van der Waals surface area (Å²) in [5.74, 6) is 0.779. The average molecular weight is 464 g/mol. The van der Waals surface area contributed by atoms with Gasteiger partial charge in [0.1, 0.15) is 0 Å². The third-order valence-corrected chi connectivity index (χ3v) is 7.42. The first-order valence-electron chi connectivity index (χ1n) is 13.3. The van der Waals surface area contributed by atoms with Gasteiger partial charge in [-0.2, -0.15) is 0 Å².